The number of carboxylic acid groups (broad SMARTS) is 1. The van der Waals surface area contributed by atoms with E-state index in [-0.39, 0.29) is 17.6 Å². The molecule has 1 saturated heterocycles. The molecule has 20 heavy (non-hydrogen) atoms. The van der Waals surface area contributed by atoms with E-state index in [1.165, 1.54) is 12.1 Å². The highest BCUT2D eigenvalue weighted by Crippen LogP contribution is 2.26. The Morgan fingerprint density at radius 2 is 2.00 bits per heavy atom. The fourth-order valence-electron chi connectivity index (χ4n) is 2.29. The zero-order valence-corrected chi connectivity index (χ0v) is 11.1. The summed E-state index contributed by atoms with van der Waals surface area (Å²) in [7, 11) is 0. The first-order valence-electron chi connectivity index (χ1n) is 6.44. The van der Waals surface area contributed by atoms with E-state index < -0.39 is 12.6 Å². The number of carboxylic acids is 1. The van der Waals surface area contributed by atoms with Gasteiger partial charge < -0.3 is 9.84 Å². The molecule has 1 aromatic carbocycles. The third-order valence-electron chi connectivity index (χ3n) is 3.64. The summed E-state index contributed by atoms with van der Waals surface area (Å²) >= 11 is 0. The van der Waals surface area contributed by atoms with Crippen molar-refractivity contribution in [3.63, 3.8) is 0 Å². The molecule has 2 rings (SSSR count). The Labute approximate surface area is 116 Å². The zero-order valence-electron chi connectivity index (χ0n) is 11.1. The smallest absolute Gasteiger partial charge is 0.387 e. The van der Waals surface area contributed by atoms with Crippen LogP contribution in [0.4, 0.5) is 8.78 Å². The molecule has 0 saturated carbocycles. The average molecular weight is 285 g/mol. The molecule has 1 N–H and O–H groups in total. The molecule has 1 fully saturated rings. The van der Waals surface area contributed by atoms with Crippen LogP contribution in [-0.4, -0.2) is 35.7 Å². The molecule has 1 atom stereocenters. The van der Waals surface area contributed by atoms with Crippen LogP contribution >= 0.6 is 0 Å². The Morgan fingerprint density at radius 3 is 2.50 bits per heavy atom. The number of alkyl halides is 2. The zero-order chi connectivity index (χ0) is 14.7. The second-order valence-corrected chi connectivity index (χ2v) is 5.10. The number of aliphatic carboxylic acids is 1. The van der Waals surface area contributed by atoms with E-state index in [2.05, 4.69) is 9.64 Å². The maximum absolute atomic E-state index is 12.0. The van der Waals surface area contributed by atoms with Gasteiger partial charge >= 0.3 is 12.6 Å². The highest BCUT2D eigenvalue weighted by molar-refractivity contribution is 5.70. The van der Waals surface area contributed by atoms with E-state index in [1.54, 1.807) is 19.1 Å². The predicted molar refractivity (Wildman–Crippen MR) is 68.6 cm³/mol. The lowest BCUT2D eigenvalue weighted by molar-refractivity contribution is -0.145. The van der Waals surface area contributed by atoms with E-state index in [1.807, 2.05) is 0 Å². The number of ether oxygens (including phenoxy) is 1. The third-order valence-corrected chi connectivity index (χ3v) is 3.64. The lowest BCUT2D eigenvalue weighted by Crippen LogP contribution is -2.50. The van der Waals surface area contributed by atoms with Gasteiger partial charge in [0, 0.05) is 19.6 Å². The molecular formula is C14H17F2NO3. The van der Waals surface area contributed by atoms with Crippen LogP contribution in [0.3, 0.4) is 0 Å². The van der Waals surface area contributed by atoms with E-state index in [0.29, 0.717) is 6.54 Å². The standard InChI is InChI=1S/C14H17F2NO3/c1-9(13(18)19)11-7-17(8-11)6-10-2-4-12(5-3-10)20-14(15)16/h2-5,9,11,14H,6-8H2,1H3,(H,18,19). The van der Waals surface area contributed by atoms with Crippen LogP contribution in [0, 0.1) is 11.8 Å². The maximum atomic E-state index is 12.0. The van der Waals surface area contributed by atoms with Crippen LogP contribution in [0.5, 0.6) is 5.75 Å². The Balaban J connectivity index is 1.80. The monoisotopic (exact) mass is 285 g/mol. The second kappa shape index (κ2) is 6.17. The van der Waals surface area contributed by atoms with Gasteiger partial charge in [0.1, 0.15) is 5.75 Å². The van der Waals surface area contributed by atoms with Crippen molar-refractivity contribution in [1.82, 2.24) is 4.90 Å². The first kappa shape index (κ1) is 14.7. The van der Waals surface area contributed by atoms with Crippen molar-refractivity contribution in [3.05, 3.63) is 29.8 Å². The summed E-state index contributed by atoms with van der Waals surface area (Å²) in [5, 5.41) is 8.90. The van der Waals surface area contributed by atoms with Crippen LogP contribution in [-0.2, 0) is 11.3 Å². The Hall–Kier alpha value is -1.69. The number of benzene rings is 1. The molecule has 1 heterocycles. The van der Waals surface area contributed by atoms with E-state index in [4.69, 9.17) is 5.11 Å². The van der Waals surface area contributed by atoms with Gasteiger partial charge in [-0.15, -0.1) is 0 Å². The molecule has 1 aliphatic rings. The highest BCUT2D eigenvalue weighted by Gasteiger charge is 2.34. The SMILES string of the molecule is CC(C(=O)O)C1CN(Cc2ccc(OC(F)F)cc2)C1. The molecule has 0 spiro atoms. The first-order valence-corrected chi connectivity index (χ1v) is 6.44. The highest BCUT2D eigenvalue weighted by atomic mass is 19.3. The largest absolute Gasteiger partial charge is 0.481 e. The molecule has 0 amide bonds. The number of rotatable bonds is 6. The molecule has 1 aliphatic heterocycles. The quantitative estimate of drug-likeness (QED) is 0.872. The molecular weight excluding hydrogens is 268 g/mol. The van der Waals surface area contributed by atoms with Gasteiger partial charge in [0.05, 0.1) is 5.92 Å². The van der Waals surface area contributed by atoms with Crippen LogP contribution in [0.15, 0.2) is 24.3 Å². The van der Waals surface area contributed by atoms with E-state index in [0.717, 1.165) is 18.7 Å². The summed E-state index contributed by atoms with van der Waals surface area (Å²) in [6, 6.07) is 6.51. The van der Waals surface area contributed by atoms with Gasteiger partial charge in [-0.05, 0) is 23.6 Å². The number of carbonyl (C=O) groups is 1. The van der Waals surface area contributed by atoms with Gasteiger partial charge in [0.2, 0.25) is 0 Å². The number of hydrogen-bond acceptors (Lipinski definition) is 3. The van der Waals surface area contributed by atoms with Gasteiger partial charge in [-0.2, -0.15) is 8.78 Å². The molecule has 6 heteroatoms. The molecule has 0 aromatic heterocycles. The Morgan fingerprint density at radius 1 is 1.40 bits per heavy atom. The van der Waals surface area contributed by atoms with Crippen LogP contribution < -0.4 is 4.74 Å². The molecule has 0 bridgehead atoms. The third kappa shape index (κ3) is 3.66. The molecule has 0 radical (unpaired) electrons. The van der Waals surface area contributed by atoms with Gasteiger partial charge in [-0.3, -0.25) is 9.69 Å². The van der Waals surface area contributed by atoms with Gasteiger partial charge in [-0.1, -0.05) is 19.1 Å². The normalized spacial score (nSPS) is 17.8. The fraction of sp³-hybridized carbons (Fsp3) is 0.500. The fourth-order valence-corrected chi connectivity index (χ4v) is 2.29. The summed E-state index contributed by atoms with van der Waals surface area (Å²) in [6.45, 7) is 1.11. The second-order valence-electron chi connectivity index (χ2n) is 5.10. The van der Waals surface area contributed by atoms with Crippen molar-refractivity contribution in [3.8, 4) is 5.75 Å². The van der Waals surface area contributed by atoms with Crippen LogP contribution in [0.1, 0.15) is 12.5 Å². The number of likely N-dealkylation sites (tertiary alicyclic amines) is 1. The van der Waals surface area contributed by atoms with Crippen molar-refractivity contribution in [1.29, 1.82) is 0 Å². The Kier molecular flexibility index (Phi) is 4.54. The Bertz CT molecular complexity index is 458. The minimum atomic E-state index is -2.81. The lowest BCUT2D eigenvalue weighted by Gasteiger charge is -2.41. The molecule has 1 aromatic rings. The van der Waals surface area contributed by atoms with Gasteiger partial charge in [0.15, 0.2) is 0 Å². The summed E-state index contributed by atoms with van der Waals surface area (Å²) < 4.78 is 28.3. The molecule has 0 aliphatic carbocycles. The lowest BCUT2D eigenvalue weighted by atomic mass is 9.87. The minimum Gasteiger partial charge on any atom is -0.481 e. The summed E-state index contributed by atoms with van der Waals surface area (Å²) in [6.07, 6.45) is 0. The van der Waals surface area contributed by atoms with Crippen molar-refractivity contribution in [2.45, 2.75) is 20.1 Å². The summed E-state index contributed by atoms with van der Waals surface area (Å²) in [5.74, 6) is -0.755. The van der Waals surface area contributed by atoms with E-state index >= 15 is 0 Å². The average Bonchev–Trinajstić information content (AvgIpc) is 2.33. The van der Waals surface area contributed by atoms with Crippen molar-refractivity contribution in [2.75, 3.05) is 13.1 Å². The van der Waals surface area contributed by atoms with Crippen molar-refractivity contribution in [2.24, 2.45) is 11.8 Å². The summed E-state index contributed by atoms with van der Waals surface area (Å²) in [4.78, 5) is 13.0. The number of nitrogens with zero attached hydrogens (tertiary/aromatic N) is 1. The predicted octanol–water partition coefficient (Wildman–Crippen LogP) is 2.44. The van der Waals surface area contributed by atoms with Gasteiger partial charge in [0.25, 0.3) is 0 Å². The van der Waals surface area contributed by atoms with Crippen LogP contribution in [0.25, 0.3) is 0 Å². The molecule has 1 unspecified atom stereocenters. The maximum Gasteiger partial charge on any atom is 0.387 e. The van der Waals surface area contributed by atoms with Crippen LogP contribution in [0.2, 0.25) is 0 Å². The van der Waals surface area contributed by atoms with E-state index in [9.17, 15) is 13.6 Å². The topological polar surface area (TPSA) is 49.8 Å². The molecule has 4 nitrogen and oxygen atoms in total. The van der Waals surface area contributed by atoms with Crippen molar-refractivity contribution >= 4 is 5.97 Å². The number of hydrogen-bond donors (Lipinski definition) is 1. The van der Waals surface area contributed by atoms with Gasteiger partial charge in [-0.25, -0.2) is 0 Å². The molecule has 110 valence electrons. The first-order chi connectivity index (χ1) is 9.45. The number of halogens is 2. The minimum absolute atomic E-state index is 0.143. The summed E-state index contributed by atoms with van der Waals surface area (Å²) in [5.41, 5.74) is 0.994. The van der Waals surface area contributed by atoms with Crippen molar-refractivity contribution < 1.29 is 23.4 Å².